The Morgan fingerprint density at radius 1 is 0.643 bits per heavy atom. The van der Waals surface area contributed by atoms with Crippen LogP contribution in [0.1, 0.15) is 142 Å². The zero-order valence-corrected chi connectivity index (χ0v) is 27.1. The van der Waals surface area contributed by atoms with E-state index in [4.69, 9.17) is 0 Å². The average Bonchev–Trinajstić information content (AvgIpc) is 2.98. The molecule has 0 rings (SSSR count). The fraction of sp³-hybridized carbons (Fsp3) is 0.703. The summed E-state index contributed by atoms with van der Waals surface area (Å²) in [6, 6.07) is -0.664. The quantitative estimate of drug-likeness (QED) is 0.0400. The molecule has 0 saturated heterocycles. The van der Waals surface area contributed by atoms with Gasteiger partial charge in [0.05, 0.1) is 24.9 Å². The summed E-state index contributed by atoms with van der Waals surface area (Å²) in [5.41, 5.74) is 0. The Hall–Kier alpha value is -1.95. The van der Waals surface area contributed by atoms with Crippen molar-refractivity contribution in [2.24, 2.45) is 0 Å². The van der Waals surface area contributed by atoms with Crippen molar-refractivity contribution in [3.63, 3.8) is 0 Å². The van der Waals surface area contributed by atoms with Crippen LogP contribution in [0, 0.1) is 0 Å². The Kier molecular flexibility index (Phi) is 30.5. The molecular formula is C37H65NO4. The van der Waals surface area contributed by atoms with E-state index in [0.717, 1.165) is 51.4 Å². The van der Waals surface area contributed by atoms with Gasteiger partial charge in [-0.15, -0.1) is 0 Å². The number of rotatable bonds is 29. The van der Waals surface area contributed by atoms with Gasteiger partial charge in [0.15, 0.2) is 0 Å². The number of carbonyl (C=O) groups is 1. The molecule has 0 bridgehead atoms. The van der Waals surface area contributed by atoms with Crippen LogP contribution in [0.3, 0.4) is 0 Å². The Bertz CT molecular complexity index is 740. The van der Waals surface area contributed by atoms with Gasteiger partial charge in [-0.05, 0) is 44.9 Å². The molecule has 0 radical (unpaired) electrons. The molecule has 0 aliphatic carbocycles. The summed E-state index contributed by atoms with van der Waals surface area (Å²) in [5, 5.41) is 32.6. The minimum absolute atomic E-state index is 0.140. The first-order chi connectivity index (χ1) is 20.5. The summed E-state index contributed by atoms with van der Waals surface area (Å²) in [7, 11) is 0. The lowest BCUT2D eigenvalue weighted by molar-refractivity contribution is -0.122. The molecule has 0 aromatic heterocycles. The number of aliphatic hydroxyl groups is 3. The molecular weight excluding hydrogens is 522 g/mol. The first-order valence-electron chi connectivity index (χ1n) is 17.1. The third kappa shape index (κ3) is 28.2. The van der Waals surface area contributed by atoms with Crippen LogP contribution >= 0.6 is 0 Å². The Morgan fingerprint density at radius 2 is 1.21 bits per heavy atom. The van der Waals surface area contributed by atoms with Crippen molar-refractivity contribution in [3.8, 4) is 0 Å². The Labute approximate surface area is 259 Å². The number of hydrogen-bond donors (Lipinski definition) is 4. The summed E-state index contributed by atoms with van der Waals surface area (Å²) >= 11 is 0. The van der Waals surface area contributed by atoms with Crippen molar-refractivity contribution in [3.05, 3.63) is 60.8 Å². The summed E-state index contributed by atoms with van der Waals surface area (Å²) in [4.78, 5) is 12.3. The lowest BCUT2D eigenvalue weighted by Crippen LogP contribution is -2.45. The number of hydrogen-bond acceptors (Lipinski definition) is 4. The molecule has 5 nitrogen and oxygen atoms in total. The predicted molar refractivity (Wildman–Crippen MR) is 180 cm³/mol. The van der Waals surface area contributed by atoms with Gasteiger partial charge in [0.1, 0.15) is 0 Å². The number of allylic oxidation sites excluding steroid dienone is 8. The second kappa shape index (κ2) is 32.0. The molecule has 0 spiro atoms. The predicted octanol–water partition coefficient (Wildman–Crippen LogP) is 8.81. The van der Waals surface area contributed by atoms with Crippen LogP contribution < -0.4 is 5.32 Å². The standard InChI is InChI=1S/C37H65NO4/c1-3-5-7-8-9-10-11-14-17-20-23-27-31-36(41)35(33-39)38-37(42)32-28-24-21-18-15-12-13-16-19-22-26-30-34(40)29-25-6-4-2/h12-13,18-19,21-22,26-27,30-31,34-36,39-41H,3-11,14-17,20,23-25,28-29,32-33H2,1-2H3,(H,38,42)/b13-12-,21-18-,22-19-,30-26+,31-27+/t34-,35-,36+/m0/s1. The second-order valence-corrected chi connectivity index (χ2v) is 11.4. The van der Waals surface area contributed by atoms with Gasteiger partial charge in [0.25, 0.3) is 0 Å². The first kappa shape index (κ1) is 40.1. The zero-order chi connectivity index (χ0) is 30.9. The van der Waals surface area contributed by atoms with E-state index in [1.54, 1.807) is 6.08 Å². The number of amides is 1. The number of carbonyl (C=O) groups excluding carboxylic acids is 1. The van der Waals surface area contributed by atoms with Crippen molar-refractivity contribution in [1.82, 2.24) is 5.32 Å². The minimum atomic E-state index is -0.873. The number of aliphatic hydroxyl groups excluding tert-OH is 3. The van der Waals surface area contributed by atoms with E-state index in [0.29, 0.717) is 6.42 Å². The summed E-state index contributed by atoms with van der Waals surface area (Å²) in [6.45, 7) is 4.13. The highest BCUT2D eigenvalue weighted by molar-refractivity contribution is 5.76. The normalized spacial score (nSPS) is 14.7. The third-order valence-electron chi connectivity index (χ3n) is 7.35. The van der Waals surface area contributed by atoms with E-state index in [9.17, 15) is 20.1 Å². The monoisotopic (exact) mass is 587 g/mol. The van der Waals surface area contributed by atoms with E-state index in [1.807, 2.05) is 24.3 Å². The molecule has 0 saturated carbocycles. The summed E-state index contributed by atoms with van der Waals surface area (Å²) in [5.74, 6) is -0.140. The average molecular weight is 588 g/mol. The summed E-state index contributed by atoms with van der Waals surface area (Å²) in [6.07, 6.45) is 40.5. The third-order valence-corrected chi connectivity index (χ3v) is 7.35. The van der Waals surface area contributed by atoms with Gasteiger partial charge in [-0.1, -0.05) is 152 Å². The van der Waals surface area contributed by atoms with E-state index >= 15 is 0 Å². The van der Waals surface area contributed by atoms with Crippen LogP contribution in [0.15, 0.2) is 60.8 Å². The Balaban J connectivity index is 3.86. The van der Waals surface area contributed by atoms with E-state index in [2.05, 4.69) is 49.5 Å². The highest BCUT2D eigenvalue weighted by Gasteiger charge is 2.17. The van der Waals surface area contributed by atoms with Crippen molar-refractivity contribution >= 4 is 5.91 Å². The van der Waals surface area contributed by atoms with Gasteiger partial charge in [0.2, 0.25) is 5.91 Å². The molecule has 5 heteroatoms. The number of unbranched alkanes of at least 4 members (excludes halogenated alkanes) is 13. The van der Waals surface area contributed by atoms with Crippen molar-refractivity contribution in [2.75, 3.05) is 6.61 Å². The molecule has 242 valence electrons. The van der Waals surface area contributed by atoms with E-state index < -0.39 is 12.1 Å². The molecule has 0 aliphatic rings. The maximum atomic E-state index is 12.3. The summed E-state index contributed by atoms with van der Waals surface area (Å²) < 4.78 is 0. The SMILES string of the molecule is CCCCCCCCCCCC/C=C/[C@@H](O)[C@H](CO)NC(=O)CCC/C=C\C/C=C\C/C=C\C=C\[C@@H](O)CCCCC. The lowest BCUT2D eigenvalue weighted by atomic mass is 10.1. The minimum Gasteiger partial charge on any atom is -0.394 e. The van der Waals surface area contributed by atoms with Gasteiger partial charge < -0.3 is 20.6 Å². The zero-order valence-electron chi connectivity index (χ0n) is 27.1. The molecule has 0 aliphatic heterocycles. The van der Waals surface area contributed by atoms with Crippen LogP contribution in [0.2, 0.25) is 0 Å². The fourth-order valence-electron chi connectivity index (χ4n) is 4.63. The van der Waals surface area contributed by atoms with Gasteiger partial charge in [0, 0.05) is 6.42 Å². The van der Waals surface area contributed by atoms with Crippen LogP contribution in [-0.2, 0) is 4.79 Å². The van der Waals surface area contributed by atoms with Crippen molar-refractivity contribution in [2.45, 2.75) is 161 Å². The molecule has 0 aromatic rings. The van der Waals surface area contributed by atoms with Crippen LogP contribution in [0.4, 0.5) is 0 Å². The van der Waals surface area contributed by atoms with Gasteiger partial charge >= 0.3 is 0 Å². The highest BCUT2D eigenvalue weighted by Crippen LogP contribution is 2.12. The van der Waals surface area contributed by atoms with Gasteiger partial charge in [-0.2, -0.15) is 0 Å². The van der Waals surface area contributed by atoms with Crippen LogP contribution in [0.25, 0.3) is 0 Å². The Morgan fingerprint density at radius 3 is 1.88 bits per heavy atom. The molecule has 4 N–H and O–H groups in total. The highest BCUT2D eigenvalue weighted by atomic mass is 16.3. The second-order valence-electron chi connectivity index (χ2n) is 11.4. The van der Waals surface area contributed by atoms with Crippen molar-refractivity contribution < 1.29 is 20.1 Å². The molecule has 1 amide bonds. The van der Waals surface area contributed by atoms with Crippen LogP contribution in [0.5, 0.6) is 0 Å². The first-order valence-corrected chi connectivity index (χ1v) is 17.1. The molecule has 0 heterocycles. The van der Waals surface area contributed by atoms with Gasteiger partial charge in [-0.3, -0.25) is 4.79 Å². The van der Waals surface area contributed by atoms with Gasteiger partial charge in [-0.25, -0.2) is 0 Å². The van der Waals surface area contributed by atoms with E-state index in [-0.39, 0.29) is 18.6 Å². The maximum absolute atomic E-state index is 12.3. The topological polar surface area (TPSA) is 89.8 Å². The lowest BCUT2D eigenvalue weighted by Gasteiger charge is -2.19. The smallest absolute Gasteiger partial charge is 0.220 e. The maximum Gasteiger partial charge on any atom is 0.220 e. The molecule has 0 unspecified atom stereocenters. The molecule has 42 heavy (non-hydrogen) atoms. The van der Waals surface area contributed by atoms with Crippen molar-refractivity contribution in [1.29, 1.82) is 0 Å². The van der Waals surface area contributed by atoms with E-state index in [1.165, 1.54) is 70.6 Å². The largest absolute Gasteiger partial charge is 0.394 e. The number of nitrogens with one attached hydrogen (secondary N) is 1. The molecule has 3 atom stereocenters. The van der Waals surface area contributed by atoms with Crippen LogP contribution in [-0.4, -0.2) is 46.1 Å². The molecule has 0 fully saturated rings. The molecule has 0 aromatic carbocycles. The fourth-order valence-corrected chi connectivity index (χ4v) is 4.63.